The lowest BCUT2D eigenvalue weighted by Gasteiger charge is -2.20. The molecule has 1 nitrogen and oxygen atoms in total. The van der Waals surface area contributed by atoms with Crippen molar-refractivity contribution in [2.45, 2.75) is 39.0 Å². The van der Waals surface area contributed by atoms with Crippen LogP contribution in [0.4, 0.5) is 0 Å². The Balaban J connectivity index is 1.75. The van der Waals surface area contributed by atoms with E-state index in [1.54, 1.807) is 0 Å². The van der Waals surface area contributed by atoms with E-state index in [0.29, 0.717) is 11.0 Å². The Morgan fingerprint density at radius 3 is 2.35 bits per heavy atom. The highest BCUT2D eigenvalue weighted by molar-refractivity contribution is 5.72. The molecule has 0 aliphatic heterocycles. The molecule has 3 rings (SSSR count). The number of rotatable bonds is 6. The van der Waals surface area contributed by atoms with Gasteiger partial charge in [-0.1, -0.05) is 75.9 Å². The third-order valence-corrected chi connectivity index (χ3v) is 6.41. The average Bonchev–Trinajstić information content (AvgIpc) is 3.22. The van der Waals surface area contributed by atoms with Gasteiger partial charge in [-0.2, -0.15) is 5.26 Å². The zero-order valence-corrected chi connectivity index (χ0v) is 16.0. The van der Waals surface area contributed by atoms with Crippen LogP contribution in [-0.2, 0) is 11.8 Å². The molecule has 132 valence electrons. The summed E-state index contributed by atoms with van der Waals surface area (Å²) in [4.78, 5) is 0. The van der Waals surface area contributed by atoms with Crippen LogP contribution in [0.5, 0.6) is 0 Å². The maximum Gasteiger partial charge on any atom is 0.0991 e. The third kappa shape index (κ3) is 3.13. The zero-order valence-electron chi connectivity index (χ0n) is 16.0. The van der Waals surface area contributed by atoms with Gasteiger partial charge in [0.1, 0.15) is 0 Å². The Kier molecular flexibility index (Phi) is 5.14. The van der Waals surface area contributed by atoms with Gasteiger partial charge in [-0.05, 0) is 59.1 Å². The van der Waals surface area contributed by atoms with Gasteiger partial charge in [-0.15, -0.1) is 0 Å². The van der Waals surface area contributed by atoms with Crippen LogP contribution in [-0.4, -0.2) is 0 Å². The van der Waals surface area contributed by atoms with E-state index in [4.69, 9.17) is 5.26 Å². The second kappa shape index (κ2) is 7.34. The van der Waals surface area contributed by atoms with Gasteiger partial charge < -0.3 is 0 Å². The molecule has 2 unspecified atom stereocenters. The molecule has 26 heavy (non-hydrogen) atoms. The number of benzene rings is 2. The summed E-state index contributed by atoms with van der Waals surface area (Å²) in [5, 5.41) is 8.90. The Labute approximate surface area is 157 Å². The highest BCUT2D eigenvalue weighted by atomic mass is 14.6. The van der Waals surface area contributed by atoms with Gasteiger partial charge in [-0.3, -0.25) is 0 Å². The maximum atomic E-state index is 8.90. The molecular formula is C25H27N. The van der Waals surface area contributed by atoms with Gasteiger partial charge in [-0.25, -0.2) is 0 Å². The van der Waals surface area contributed by atoms with Crippen molar-refractivity contribution in [2.24, 2.45) is 11.8 Å². The van der Waals surface area contributed by atoms with Crippen LogP contribution in [0.2, 0.25) is 0 Å². The predicted molar refractivity (Wildman–Crippen MR) is 110 cm³/mol. The quantitative estimate of drug-likeness (QED) is 0.565. The van der Waals surface area contributed by atoms with E-state index in [9.17, 15) is 0 Å². The Hall–Kier alpha value is -2.59. The summed E-state index contributed by atoms with van der Waals surface area (Å²) in [7, 11) is 0. The van der Waals surface area contributed by atoms with E-state index in [2.05, 4.69) is 69.8 Å². The van der Waals surface area contributed by atoms with Crippen LogP contribution in [0.15, 0.2) is 67.3 Å². The zero-order chi connectivity index (χ0) is 18.7. The molecule has 2 atom stereocenters. The summed E-state index contributed by atoms with van der Waals surface area (Å²) in [6.07, 6.45) is 6.43. The van der Waals surface area contributed by atoms with E-state index < -0.39 is 0 Å². The summed E-state index contributed by atoms with van der Waals surface area (Å²) >= 11 is 0. The Morgan fingerprint density at radius 1 is 1.12 bits per heavy atom. The molecule has 0 radical (unpaired) electrons. The van der Waals surface area contributed by atoms with Crippen molar-refractivity contribution in [3.63, 3.8) is 0 Å². The van der Waals surface area contributed by atoms with Crippen LogP contribution in [0, 0.1) is 23.2 Å². The normalized spacial score (nSPS) is 24.4. The molecule has 2 aromatic rings. The van der Waals surface area contributed by atoms with Crippen LogP contribution in [0.3, 0.4) is 0 Å². The van der Waals surface area contributed by atoms with Crippen molar-refractivity contribution in [3.8, 4) is 6.07 Å². The number of hydrogen-bond donors (Lipinski definition) is 0. The summed E-state index contributed by atoms with van der Waals surface area (Å²) in [5.41, 5.74) is 6.02. The molecule has 2 aromatic carbocycles. The van der Waals surface area contributed by atoms with Crippen LogP contribution >= 0.6 is 0 Å². The Morgan fingerprint density at radius 2 is 1.77 bits per heavy atom. The first-order chi connectivity index (χ1) is 12.5. The first-order valence-electron chi connectivity index (χ1n) is 9.49. The predicted octanol–water partition coefficient (Wildman–Crippen LogP) is 6.30. The first kappa shape index (κ1) is 18.2. The number of nitrogens with zero attached hydrogens (tertiary/aromatic N) is 1. The lowest BCUT2D eigenvalue weighted by Crippen LogP contribution is -2.12. The minimum atomic E-state index is 0.356. The molecule has 1 heteroatoms. The summed E-state index contributed by atoms with van der Waals surface area (Å²) in [6.45, 7) is 11.2. The highest BCUT2D eigenvalue weighted by Crippen LogP contribution is 2.62. The third-order valence-electron chi connectivity index (χ3n) is 6.41. The molecule has 0 aromatic heterocycles. The molecule has 1 fully saturated rings. The monoisotopic (exact) mass is 341 g/mol. The summed E-state index contributed by atoms with van der Waals surface area (Å²) in [5.74, 6) is 1.51. The minimum absolute atomic E-state index is 0.356. The fraction of sp³-hybridized carbons (Fsp3) is 0.320. The maximum absolute atomic E-state index is 8.90. The molecule has 1 aliphatic rings. The van der Waals surface area contributed by atoms with Crippen molar-refractivity contribution in [3.05, 3.63) is 89.5 Å². The fourth-order valence-corrected chi connectivity index (χ4v) is 4.52. The van der Waals surface area contributed by atoms with Gasteiger partial charge in [0.15, 0.2) is 0 Å². The molecule has 0 bridgehead atoms. The van der Waals surface area contributed by atoms with E-state index in [0.717, 1.165) is 29.4 Å². The number of allylic oxidation sites excluding steroid dienone is 3. The molecule has 1 saturated carbocycles. The van der Waals surface area contributed by atoms with Crippen LogP contribution < -0.4 is 0 Å². The SMILES string of the molecule is C=C(/C=C\Cc1ccccc1C1(CC)C(C)C1C)c1ccc(C#N)cc1. The summed E-state index contributed by atoms with van der Waals surface area (Å²) < 4.78 is 0. The number of nitriles is 1. The van der Waals surface area contributed by atoms with Crippen molar-refractivity contribution in [2.75, 3.05) is 0 Å². The van der Waals surface area contributed by atoms with E-state index >= 15 is 0 Å². The summed E-state index contributed by atoms with van der Waals surface area (Å²) in [6, 6.07) is 18.6. The van der Waals surface area contributed by atoms with E-state index in [1.165, 1.54) is 17.5 Å². The standard InChI is InChI=1S/C25H27N/c1-5-25(19(3)20(25)4)24-12-7-6-10-23(24)11-8-9-18(2)22-15-13-21(17-26)14-16-22/h6-10,12-16,19-20H,2,5,11H2,1,3-4H3/b9-8-. The van der Waals surface area contributed by atoms with Crippen molar-refractivity contribution in [1.82, 2.24) is 0 Å². The molecule has 0 saturated heterocycles. The second-order valence-corrected chi connectivity index (χ2v) is 7.45. The molecule has 0 heterocycles. The van der Waals surface area contributed by atoms with Crippen LogP contribution in [0.1, 0.15) is 49.4 Å². The highest BCUT2D eigenvalue weighted by Gasteiger charge is 2.58. The largest absolute Gasteiger partial charge is 0.192 e. The van der Waals surface area contributed by atoms with Gasteiger partial charge >= 0.3 is 0 Å². The topological polar surface area (TPSA) is 23.8 Å². The second-order valence-electron chi connectivity index (χ2n) is 7.45. The van der Waals surface area contributed by atoms with Gasteiger partial charge in [0.25, 0.3) is 0 Å². The first-order valence-corrected chi connectivity index (χ1v) is 9.49. The van der Waals surface area contributed by atoms with E-state index in [-0.39, 0.29) is 0 Å². The minimum Gasteiger partial charge on any atom is -0.192 e. The molecule has 0 amide bonds. The smallest absolute Gasteiger partial charge is 0.0991 e. The fourth-order valence-electron chi connectivity index (χ4n) is 4.52. The lowest BCUT2D eigenvalue weighted by atomic mass is 9.85. The van der Waals surface area contributed by atoms with Gasteiger partial charge in [0.2, 0.25) is 0 Å². The van der Waals surface area contributed by atoms with Gasteiger partial charge in [0.05, 0.1) is 11.6 Å². The molecule has 0 spiro atoms. The molecule has 1 aliphatic carbocycles. The van der Waals surface area contributed by atoms with Crippen molar-refractivity contribution >= 4 is 5.57 Å². The molecule has 0 N–H and O–H groups in total. The lowest BCUT2D eigenvalue weighted by molar-refractivity contribution is 0.579. The number of hydrogen-bond acceptors (Lipinski definition) is 1. The van der Waals surface area contributed by atoms with Crippen LogP contribution in [0.25, 0.3) is 5.57 Å². The van der Waals surface area contributed by atoms with Crippen molar-refractivity contribution in [1.29, 1.82) is 5.26 Å². The van der Waals surface area contributed by atoms with Crippen molar-refractivity contribution < 1.29 is 0 Å². The average molecular weight is 341 g/mol. The van der Waals surface area contributed by atoms with Gasteiger partial charge in [0, 0.05) is 5.41 Å². The van der Waals surface area contributed by atoms with E-state index in [1.807, 2.05) is 24.3 Å². The molecular weight excluding hydrogens is 314 g/mol. The Bertz CT molecular complexity index is 856.